The van der Waals surface area contributed by atoms with Crippen molar-refractivity contribution in [3.05, 3.63) is 71.9 Å². The Kier molecular flexibility index (Phi) is 6.63. The van der Waals surface area contributed by atoms with Gasteiger partial charge in [0.05, 0.1) is 10.4 Å². The number of halogens is 2. The molecule has 1 fully saturated rings. The van der Waals surface area contributed by atoms with Gasteiger partial charge in [-0.1, -0.05) is 0 Å². The summed E-state index contributed by atoms with van der Waals surface area (Å²) < 4.78 is 56.7. The molecular formula is C25H27F2N5O3S2. The van der Waals surface area contributed by atoms with E-state index in [2.05, 4.69) is 14.6 Å². The van der Waals surface area contributed by atoms with Gasteiger partial charge in [-0.05, 0) is 50.2 Å². The lowest BCUT2D eigenvalue weighted by molar-refractivity contribution is -0.136. The van der Waals surface area contributed by atoms with Crippen LogP contribution in [-0.2, 0) is 14.8 Å². The number of hydrogen-bond donors (Lipinski definition) is 1. The molecule has 2 unspecified atom stereocenters. The first-order valence-electron chi connectivity index (χ1n) is 11.7. The van der Waals surface area contributed by atoms with E-state index in [4.69, 9.17) is 0 Å². The Hall–Kier alpha value is -3.51. The van der Waals surface area contributed by atoms with E-state index in [-0.39, 0.29) is 18.3 Å². The van der Waals surface area contributed by atoms with Gasteiger partial charge in [-0.2, -0.15) is 0 Å². The molecule has 8 nitrogen and oxygen atoms in total. The highest BCUT2D eigenvalue weighted by molar-refractivity contribution is 7.93. The van der Waals surface area contributed by atoms with Crippen molar-refractivity contribution in [2.45, 2.75) is 30.8 Å². The summed E-state index contributed by atoms with van der Waals surface area (Å²) in [6.45, 7) is 5.31. The molecule has 4 aromatic rings. The maximum absolute atomic E-state index is 13.8. The minimum Gasteiger partial charge on any atom is -0.368 e. The van der Waals surface area contributed by atoms with Crippen molar-refractivity contribution in [1.29, 1.82) is 0 Å². The largest absolute Gasteiger partial charge is 0.368 e. The van der Waals surface area contributed by atoms with Crippen LogP contribution < -0.4 is 9.62 Å². The highest BCUT2D eigenvalue weighted by Crippen LogP contribution is 2.27. The number of amides is 1. The monoisotopic (exact) mass is 547 g/mol. The van der Waals surface area contributed by atoms with Gasteiger partial charge in [-0.15, -0.1) is 11.3 Å². The van der Waals surface area contributed by atoms with Gasteiger partial charge in [-0.25, -0.2) is 22.2 Å². The highest BCUT2D eigenvalue weighted by atomic mass is 32.2. The average Bonchev–Trinajstić information content (AvgIpc) is 3.53. The molecule has 196 valence electrons. The number of fused-ring (bicyclic) bond motifs is 1. The number of thiazole rings is 1. The third kappa shape index (κ3) is 4.90. The van der Waals surface area contributed by atoms with E-state index in [1.54, 1.807) is 58.3 Å². The maximum Gasteiger partial charge on any atom is 0.263 e. The smallest absolute Gasteiger partial charge is 0.263 e. The van der Waals surface area contributed by atoms with Gasteiger partial charge in [-0.3, -0.25) is 9.52 Å². The molecule has 0 bridgehead atoms. The van der Waals surface area contributed by atoms with E-state index < -0.39 is 27.7 Å². The fourth-order valence-corrected chi connectivity index (χ4v) is 6.44. The topological polar surface area (TPSA) is 87.5 Å². The van der Waals surface area contributed by atoms with Gasteiger partial charge >= 0.3 is 0 Å². The van der Waals surface area contributed by atoms with Crippen molar-refractivity contribution in [1.82, 2.24) is 14.5 Å². The first-order valence-corrected chi connectivity index (χ1v) is 14.0. The average molecular weight is 548 g/mol. The van der Waals surface area contributed by atoms with Crippen LogP contribution in [-0.4, -0.2) is 54.5 Å². The Morgan fingerprint density at radius 1 is 1.16 bits per heavy atom. The Morgan fingerprint density at radius 3 is 2.57 bits per heavy atom. The zero-order chi connectivity index (χ0) is 26.3. The second kappa shape index (κ2) is 9.75. The third-order valence-corrected chi connectivity index (χ3v) is 8.79. The standard InChI is InChI=1S/C25H25F2N5O3S2.H2/c1-16-15-30(19-3-5-20(6-4-19)37(34,35)29-25-28-8-12-36-25)10-11-31(16)24(33)17(2)32-9-7-18-13-21(26)22(27)14-23(18)32;/h3-9,12-14,16-17H,10-11,15H2,1-2H3,(H,28,29);1H. The number of anilines is 2. The number of hydrogen-bond acceptors (Lipinski definition) is 6. The van der Waals surface area contributed by atoms with Crippen molar-refractivity contribution in [2.75, 3.05) is 29.3 Å². The summed E-state index contributed by atoms with van der Waals surface area (Å²) in [5, 5.41) is 2.52. The van der Waals surface area contributed by atoms with Crippen LogP contribution in [0.1, 0.15) is 21.3 Å². The summed E-state index contributed by atoms with van der Waals surface area (Å²) in [6, 6.07) is 9.81. The van der Waals surface area contributed by atoms with E-state index in [1.165, 1.54) is 17.5 Å². The Morgan fingerprint density at radius 2 is 1.89 bits per heavy atom. The van der Waals surface area contributed by atoms with Crippen LogP contribution >= 0.6 is 11.3 Å². The molecule has 1 saturated heterocycles. The predicted octanol–water partition coefficient (Wildman–Crippen LogP) is 4.72. The molecule has 0 saturated carbocycles. The van der Waals surface area contributed by atoms with E-state index >= 15 is 0 Å². The zero-order valence-corrected chi connectivity index (χ0v) is 21.8. The molecule has 2 atom stereocenters. The molecule has 0 aliphatic carbocycles. The van der Waals surface area contributed by atoms with E-state index in [1.807, 2.05) is 6.92 Å². The molecule has 0 radical (unpaired) electrons. The Labute approximate surface area is 218 Å². The van der Waals surface area contributed by atoms with Gasteiger partial charge in [0.2, 0.25) is 5.91 Å². The molecule has 1 aliphatic heterocycles. The SMILES string of the molecule is CC1CN(c2ccc(S(=O)(=O)Nc3nccs3)cc2)CCN1C(=O)C(C)n1ccc2cc(F)c(F)cc21.[HH]. The van der Waals surface area contributed by atoms with Crippen molar-refractivity contribution < 1.29 is 23.4 Å². The van der Waals surface area contributed by atoms with Crippen LogP contribution in [0.3, 0.4) is 0 Å². The summed E-state index contributed by atoms with van der Waals surface area (Å²) in [7, 11) is -3.73. The van der Waals surface area contributed by atoms with Crippen LogP contribution in [0.25, 0.3) is 10.9 Å². The number of carbonyl (C=O) groups is 1. The fourth-order valence-electron chi connectivity index (χ4n) is 4.65. The summed E-state index contributed by atoms with van der Waals surface area (Å²) >= 11 is 1.20. The van der Waals surface area contributed by atoms with Gasteiger partial charge in [0, 0.05) is 62.0 Å². The van der Waals surface area contributed by atoms with Crippen molar-refractivity contribution in [3.63, 3.8) is 0 Å². The van der Waals surface area contributed by atoms with Gasteiger partial charge in [0.1, 0.15) is 6.04 Å². The fraction of sp³-hybridized carbons (Fsp3) is 0.280. The molecular weight excluding hydrogens is 520 g/mol. The minimum atomic E-state index is -3.73. The summed E-state index contributed by atoms with van der Waals surface area (Å²) in [5.74, 6) is -1.98. The normalized spacial score (nSPS) is 17.2. The predicted molar refractivity (Wildman–Crippen MR) is 141 cm³/mol. The Bertz CT molecular complexity index is 1550. The molecule has 0 spiro atoms. The van der Waals surface area contributed by atoms with Crippen LogP contribution in [0.2, 0.25) is 0 Å². The zero-order valence-electron chi connectivity index (χ0n) is 20.1. The molecule has 2 aromatic heterocycles. The van der Waals surface area contributed by atoms with Crippen LogP contribution in [0.15, 0.2) is 65.1 Å². The number of rotatable bonds is 6. The Balaban J connectivity index is 0.00000336. The van der Waals surface area contributed by atoms with Crippen molar-refractivity contribution >= 4 is 49.0 Å². The highest BCUT2D eigenvalue weighted by Gasteiger charge is 2.31. The quantitative estimate of drug-likeness (QED) is 0.378. The van der Waals surface area contributed by atoms with Gasteiger partial charge in [0.15, 0.2) is 16.8 Å². The number of benzene rings is 2. The second-order valence-electron chi connectivity index (χ2n) is 8.99. The first kappa shape index (κ1) is 25.2. The lowest BCUT2D eigenvalue weighted by Gasteiger charge is -2.42. The number of piperazine rings is 1. The molecule has 2 aromatic carbocycles. The minimum absolute atomic E-state index is 0. The lowest BCUT2D eigenvalue weighted by atomic mass is 10.1. The first-order chi connectivity index (χ1) is 17.6. The number of carbonyl (C=O) groups excluding carboxylic acids is 1. The van der Waals surface area contributed by atoms with Crippen LogP contribution in [0, 0.1) is 11.6 Å². The summed E-state index contributed by atoms with van der Waals surface area (Å²) in [6.07, 6.45) is 3.20. The van der Waals surface area contributed by atoms with Gasteiger partial charge in [0.25, 0.3) is 10.0 Å². The summed E-state index contributed by atoms with van der Waals surface area (Å²) in [5.41, 5.74) is 1.32. The van der Waals surface area contributed by atoms with Crippen molar-refractivity contribution in [3.8, 4) is 0 Å². The van der Waals surface area contributed by atoms with E-state index in [0.717, 1.165) is 17.8 Å². The van der Waals surface area contributed by atoms with Crippen molar-refractivity contribution in [2.24, 2.45) is 0 Å². The lowest BCUT2D eigenvalue weighted by Crippen LogP contribution is -2.55. The molecule has 3 heterocycles. The number of nitrogens with zero attached hydrogens (tertiary/aromatic N) is 4. The number of nitrogens with one attached hydrogen (secondary N) is 1. The molecule has 12 heteroatoms. The van der Waals surface area contributed by atoms with Crippen LogP contribution in [0.4, 0.5) is 19.6 Å². The molecule has 1 aliphatic rings. The molecule has 1 amide bonds. The van der Waals surface area contributed by atoms with Gasteiger partial charge < -0.3 is 14.4 Å². The molecule has 1 N–H and O–H groups in total. The third-order valence-electron chi connectivity index (χ3n) is 6.61. The summed E-state index contributed by atoms with van der Waals surface area (Å²) in [4.78, 5) is 21.4. The number of aromatic nitrogens is 2. The van der Waals surface area contributed by atoms with Crippen LogP contribution in [0.5, 0.6) is 0 Å². The maximum atomic E-state index is 13.8. The molecule has 5 rings (SSSR count). The second-order valence-corrected chi connectivity index (χ2v) is 11.6. The van der Waals surface area contributed by atoms with E-state index in [9.17, 15) is 22.0 Å². The number of sulfonamides is 1. The molecule has 37 heavy (non-hydrogen) atoms. The van der Waals surface area contributed by atoms with E-state index in [0.29, 0.717) is 35.7 Å².